The fourth-order valence-electron chi connectivity index (χ4n) is 3.59. The third-order valence-corrected chi connectivity index (χ3v) is 4.92. The van der Waals surface area contributed by atoms with Gasteiger partial charge < -0.3 is 14.6 Å². The second-order valence-electron chi connectivity index (χ2n) is 6.72. The summed E-state index contributed by atoms with van der Waals surface area (Å²) in [7, 11) is 1.50. The molecular weight excluding hydrogens is 360 g/mol. The van der Waals surface area contributed by atoms with E-state index in [9.17, 15) is 9.59 Å². The van der Waals surface area contributed by atoms with Crippen LogP contribution in [-0.4, -0.2) is 43.0 Å². The Labute approximate surface area is 162 Å². The lowest BCUT2D eigenvalue weighted by atomic mass is 10.1. The lowest BCUT2D eigenvalue weighted by Crippen LogP contribution is -2.37. The molecule has 0 saturated heterocycles. The van der Waals surface area contributed by atoms with Crippen molar-refractivity contribution in [2.24, 2.45) is 4.99 Å². The quantitative estimate of drug-likeness (QED) is 0.778. The van der Waals surface area contributed by atoms with E-state index in [0.717, 1.165) is 17.7 Å². The van der Waals surface area contributed by atoms with E-state index in [1.54, 1.807) is 23.2 Å². The van der Waals surface area contributed by atoms with Crippen molar-refractivity contribution in [1.29, 1.82) is 0 Å². The molecule has 7 nitrogen and oxygen atoms in total. The minimum atomic E-state index is -0.867. The molecule has 2 aromatic rings. The van der Waals surface area contributed by atoms with Crippen molar-refractivity contribution in [1.82, 2.24) is 0 Å². The van der Waals surface area contributed by atoms with E-state index in [1.807, 2.05) is 24.3 Å². The monoisotopic (exact) mass is 380 g/mol. The predicted octanol–water partition coefficient (Wildman–Crippen LogP) is 3.23. The minimum absolute atomic E-state index is 0.0277. The molecule has 144 valence electrons. The standard InChI is InChI=1S/C21H20N2O5/c1-27-18-10-15-16(11-19(18)28-8-4-7-20(24)25)22-12-14-9-13-5-2-3-6-17(13)23(14)21(15)26/h2-3,5-6,10-12,14H,4,7-9H2,1H3,(H,24,25)/t14-/m0/s1. The van der Waals surface area contributed by atoms with Gasteiger partial charge in [-0.05, 0) is 24.1 Å². The van der Waals surface area contributed by atoms with Crippen LogP contribution in [0.4, 0.5) is 11.4 Å². The Kier molecular flexibility index (Phi) is 4.73. The molecule has 7 heteroatoms. The van der Waals surface area contributed by atoms with E-state index in [0.29, 0.717) is 29.2 Å². The van der Waals surface area contributed by atoms with Crippen molar-refractivity contribution in [3.05, 3.63) is 47.5 Å². The molecule has 4 rings (SSSR count). The van der Waals surface area contributed by atoms with Crippen molar-refractivity contribution in [2.75, 3.05) is 18.6 Å². The summed E-state index contributed by atoms with van der Waals surface area (Å²) in [6.45, 7) is 0.237. The number of methoxy groups -OCH3 is 1. The van der Waals surface area contributed by atoms with Gasteiger partial charge in [-0.25, -0.2) is 0 Å². The van der Waals surface area contributed by atoms with E-state index in [4.69, 9.17) is 14.6 Å². The Hall–Kier alpha value is -3.35. The van der Waals surface area contributed by atoms with Crippen LogP contribution < -0.4 is 14.4 Å². The van der Waals surface area contributed by atoms with Crippen LogP contribution in [0.15, 0.2) is 41.4 Å². The number of nitrogens with zero attached hydrogens (tertiary/aromatic N) is 2. The Balaban J connectivity index is 1.65. The van der Waals surface area contributed by atoms with Gasteiger partial charge in [0.2, 0.25) is 0 Å². The summed E-state index contributed by atoms with van der Waals surface area (Å²) in [6, 6.07) is 11.1. The van der Waals surface area contributed by atoms with Crippen LogP contribution in [-0.2, 0) is 11.2 Å². The van der Waals surface area contributed by atoms with Crippen LogP contribution in [0.25, 0.3) is 0 Å². The lowest BCUT2D eigenvalue weighted by molar-refractivity contribution is -0.137. The zero-order chi connectivity index (χ0) is 19.7. The average Bonchev–Trinajstić information content (AvgIpc) is 3.01. The molecule has 0 fully saturated rings. The van der Waals surface area contributed by atoms with Crippen molar-refractivity contribution in [3.63, 3.8) is 0 Å². The highest BCUT2D eigenvalue weighted by atomic mass is 16.5. The van der Waals surface area contributed by atoms with Gasteiger partial charge in [0.05, 0.1) is 31.0 Å². The number of carboxylic acid groups (broad SMARTS) is 1. The van der Waals surface area contributed by atoms with E-state index in [2.05, 4.69) is 4.99 Å². The molecule has 1 N–H and O–H groups in total. The van der Waals surface area contributed by atoms with Gasteiger partial charge in [-0.1, -0.05) is 18.2 Å². The largest absolute Gasteiger partial charge is 0.493 e. The summed E-state index contributed by atoms with van der Waals surface area (Å²) in [5.41, 5.74) is 3.00. The number of anilines is 1. The molecule has 0 bridgehead atoms. The number of para-hydroxylation sites is 1. The molecule has 0 aromatic heterocycles. The maximum Gasteiger partial charge on any atom is 0.303 e. The van der Waals surface area contributed by atoms with Gasteiger partial charge in [-0.3, -0.25) is 19.5 Å². The normalized spacial score (nSPS) is 16.8. The number of rotatable bonds is 6. The Bertz CT molecular complexity index is 969. The van der Waals surface area contributed by atoms with Crippen molar-refractivity contribution in [3.8, 4) is 11.5 Å². The summed E-state index contributed by atoms with van der Waals surface area (Å²) < 4.78 is 11.1. The molecule has 2 aromatic carbocycles. The number of hydrogen-bond donors (Lipinski definition) is 1. The molecule has 0 saturated carbocycles. The average molecular weight is 380 g/mol. The van der Waals surface area contributed by atoms with Gasteiger partial charge in [0.25, 0.3) is 5.91 Å². The molecule has 28 heavy (non-hydrogen) atoms. The number of ether oxygens (including phenoxy) is 2. The van der Waals surface area contributed by atoms with E-state index < -0.39 is 5.97 Å². The molecule has 0 radical (unpaired) electrons. The SMILES string of the molecule is COc1cc2c(cc1OCCCC(=O)O)N=C[C@@H]1Cc3ccccc3N1C2=O. The van der Waals surface area contributed by atoms with Crippen molar-refractivity contribution >= 4 is 29.5 Å². The molecule has 1 amide bonds. The van der Waals surface area contributed by atoms with Gasteiger partial charge in [-0.2, -0.15) is 0 Å². The number of aliphatic imine (C=N–C) groups is 1. The molecule has 2 aliphatic heterocycles. The molecular formula is C21H20N2O5. The van der Waals surface area contributed by atoms with Crippen LogP contribution in [0.5, 0.6) is 11.5 Å². The highest BCUT2D eigenvalue weighted by Gasteiger charge is 2.36. The van der Waals surface area contributed by atoms with Crippen LogP contribution >= 0.6 is 0 Å². The predicted molar refractivity (Wildman–Crippen MR) is 104 cm³/mol. The molecule has 0 spiro atoms. The molecule has 0 unspecified atom stereocenters. The van der Waals surface area contributed by atoms with E-state index in [-0.39, 0.29) is 25.0 Å². The molecule has 2 aliphatic rings. The highest BCUT2D eigenvalue weighted by Crippen LogP contribution is 2.40. The number of carbonyl (C=O) groups excluding carboxylic acids is 1. The third-order valence-electron chi connectivity index (χ3n) is 4.92. The number of carboxylic acids is 1. The van der Waals surface area contributed by atoms with Crippen LogP contribution in [0.3, 0.4) is 0 Å². The lowest BCUT2D eigenvalue weighted by Gasteiger charge is -2.22. The maximum absolute atomic E-state index is 13.3. The second kappa shape index (κ2) is 7.34. The van der Waals surface area contributed by atoms with Crippen LogP contribution in [0.2, 0.25) is 0 Å². The first-order valence-corrected chi connectivity index (χ1v) is 9.10. The van der Waals surface area contributed by atoms with Gasteiger partial charge in [0.15, 0.2) is 11.5 Å². The molecule has 1 atom stereocenters. The number of hydrogen-bond acceptors (Lipinski definition) is 5. The van der Waals surface area contributed by atoms with Crippen LogP contribution in [0.1, 0.15) is 28.8 Å². The van der Waals surface area contributed by atoms with Crippen molar-refractivity contribution < 1.29 is 24.2 Å². The van der Waals surface area contributed by atoms with Gasteiger partial charge in [0, 0.05) is 30.8 Å². The zero-order valence-electron chi connectivity index (χ0n) is 15.4. The Morgan fingerprint density at radius 3 is 2.89 bits per heavy atom. The molecule has 0 aliphatic carbocycles. The number of benzene rings is 2. The minimum Gasteiger partial charge on any atom is -0.493 e. The summed E-state index contributed by atoms with van der Waals surface area (Å²) in [6.07, 6.45) is 2.93. The first-order chi connectivity index (χ1) is 13.6. The van der Waals surface area contributed by atoms with Gasteiger partial charge in [0.1, 0.15) is 0 Å². The fourth-order valence-corrected chi connectivity index (χ4v) is 3.59. The first-order valence-electron chi connectivity index (χ1n) is 9.10. The first kappa shape index (κ1) is 18.0. The fraction of sp³-hybridized carbons (Fsp3) is 0.286. The summed E-state index contributed by atoms with van der Waals surface area (Å²) >= 11 is 0. The topological polar surface area (TPSA) is 88.4 Å². The molecule has 2 heterocycles. The summed E-state index contributed by atoms with van der Waals surface area (Å²) in [4.78, 5) is 30.2. The maximum atomic E-state index is 13.3. The summed E-state index contributed by atoms with van der Waals surface area (Å²) in [5, 5.41) is 8.74. The highest BCUT2D eigenvalue weighted by molar-refractivity contribution is 6.14. The second-order valence-corrected chi connectivity index (χ2v) is 6.72. The Morgan fingerprint density at radius 2 is 2.11 bits per heavy atom. The Morgan fingerprint density at radius 1 is 1.29 bits per heavy atom. The van der Waals surface area contributed by atoms with Crippen LogP contribution in [0, 0.1) is 0 Å². The number of fused-ring (bicyclic) bond motifs is 4. The third kappa shape index (κ3) is 3.19. The van der Waals surface area contributed by atoms with Gasteiger partial charge in [-0.15, -0.1) is 0 Å². The zero-order valence-corrected chi connectivity index (χ0v) is 15.4. The van der Waals surface area contributed by atoms with E-state index >= 15 is 0 Å². The number of amides is 1. The van der Waals surface area contributed by atoms with E-state index in [1.165, 1.54) is 7.11 Å². The number of carbonyl (C=O) groups is 2. The van der Waals surface area contributed by atoms with Crippen molar-refractivity contribution in [2.45, 2.75) is 25.3 Å². The summed E-state index contributed by atoms with van der Waals surface area (Å²) in [5.74, 6) is -0.130. The number of aliphatic carboxylic acids is 1. The van der Waals surface area contributed by atoms with Gasteiger partial charge >= 0.3 is 5.97 Å². The smallest absolute Gasteiger partial charge is 0.303 e.